The van der Waals surface area contributed by atoms with Gasteiger partial charge in [0.05, 0.1) is 0 Å². The van der Waals surface area contributed by atoms with Crippen molar-refractivity contribution in [1.82, 2.24) is 4.90 Å². The van der Waals surface area contributed by atoms with Crippen LogP contribution in [0.2, 0.25) is 0 Å². The molecule has 4 rings (SSSR count). The minimum Gasteiger partial charge on any atom is -0.481 e. The molecule has 1 unspecified atom stereocenters. The van der Waals surface area contributed by atoms with Gasteiger partial charge >= 0.3 is 23.9 Å². The Hall–Kier alpha value is -5.46. The molecule has 1 aliphatic rings. The first kappa shape index (κ1) is 29.5. The molecule has 3 aromatic rings. The largest absolute Gasteiger partial charge is 0.481 e. The summed E-state index contributed by atoms with van der Waals surface area (Å²) in [5, 5.41) is 41.0. The lowest BCUT2D eigenvalue weighted by molar-refractivity contribution is -0.143. The molecule has 13 heteroatoms. The number of carbonyl (C=O) groups excluding carboxylic acids is 2. The van der Waals surface area contributed by atoms with Gasteiger partial charge in [0, 0.05) is 46.2 Å². The molecule has 0 bridgehead atoms. The number of anilines is 2. The van der Waals surface area contributed by atoms with Crippen molar-refractivity contribution in [2.75, 3.05) is 29.9 Å². The summed E-state index contributed by atoms with van der Waals surface area (Å²) in [7, 11) is 0. The molecule has 0 spiro atoms. The summed E-state index contributed by atoms with van der Waals surface area (Å²) >= 11 is 0. The molecule has 1 atom stereocenters. The van der Waals surface area contributed by atoms with Crippen molar-refractivity contribution >= 4 is 57.8 Å². The van der Waals surface area contributed by atoms with Crippen molar-refractivity contribution < 1.29 is 49.2 Å². The number of aliphatic carboxylic acids is 4. The molecule has 42 heavy (non-hydrogen) atoms. The fraction of sp³-hybridized carbons (Fsp3) is 0.241. The van der Waals surface area contributed by atoms with Gasteiger partial charge < -0.3 is 30.6 Å². The maximum atomic E-state index is 13.3. The van der Waals surface area contributed by atoms with Gasteiger partial charge in [0.15, 0.2) is 0 Å². The zero-order valence-electron chi connectivity index (χ0n) is 22.1. The molecule has 2 amide bonds. The third kappa shape index (κ3) is 6.30. The SMILES string of the molecule is O=C(O)CCC(C(=O)O)N1C(=O)c2cccc3c(NCCc4ccc(N(CC(=O)O)CC(=O)O)cc4)ccc(c23)C1=O. The standard InChI is InChI=1S/C29H27N3O10/c33-23(34)11-10-22(29(41)42)32-27(39)19-3-1-2-18-21(9-8-20(26(18)19)28(32)40)30-13-12-16-4-6-17(7-5-16)31(14-24(35)36)15-25(37)38/h1-9,22,30H,10-15H2,(H,33,34)(H,35,36)(H,37,38)(H,41,42). The van der Waals surface area contributed by atoms with E-state index < -0.39 is 67.7 Å². The third-order valence-electron chi connectivity index (χ3n) is 6.85. The number of hydrogen-bond donors (Lipinski definition) is 5. The molecule has 218 valence electrons. The van der Waals surface area contributed by atoms with E-state index in [4.69, 9.17) is 15.3 Å². The van der Waals surface area contributed by atoms with E-state index in [1.54, 1.807) is 42.5 Å². The van der Waals surface area contributed by atoms with Gasteiger partial charge in [0.2, 0.25) is 0 Å². The highest BCUT2D eigenvalue weighted by Gasteiger charge is 2.40. The molecule has 13 nitrogen and oxygen atoms in total. The van der Waals surface area contributed by atoms with E-state index >= 15 is 0 Å². The predicted molar refractivity (Wildman–Crippen MR) is 149 cm³/mol. The van der Waals surface area contributed by atoms with Crippen LogP contribution >= 0.6 is 0 Å². The van der Waals surface area contributed by atoms with E-state index in [1.807, 2.05) is 0 Å². The first-order chi connectivity index (χ1) is 20.0. The number of benzene rings is 3. The van der Waals surface area contributed by atoms with E-state index in [-0.39, 0.29) is 11.1 Å². The summed E-state index contributed by atoms with van der Waals surface area (Å²) in [5.41, 5.74) is 2.25. The first-order valence-corrected chi connectivity index (χ1v) is 12.9. The maximum absolute atomic E-state index is 13.3. The molecule has 0 radical (unpaired) electrons. The van der Waals surface area contributed by atoms with Gasteiger partial charge in [-0.2, -0.15) is 0 Å². The molecular weight excluding hydrogens is 550 g/mol. The van der Waals surface area contributed by atoms with Gasteiger partial charge in [-0.1, -0.05) is 24.3 Å². The summed E-state index contributed by atoms with van der Waals surface area (Å²) < 4.78 is 0. The van der Waals surface area contributed by atoms with Crippen LogP contribution in [0.5, 0.6) is 0 Å². The van der Waals surface area contributed by atoms with Crippen LogP contribution in [-0.2, 0) is 25.6 Å². The summed E-state index contributed by atoms with van der Waals surface area (Å²) in [6.45, 7) is -0.475. The van der Waals surface area contributed by atoms with E-state index in [1.165, 1.54) is 17.0 Å². The molecule has 0 saturated carbocycles. The van der Waals surface area contributed by atoms with Crippen molar-refractivity contribution in [3.8, 4) is 0 Å². The minimum absolute atomic E-state index is 0.134. The van der Waals surface area contributed by atoms with Crippen molar-refractivity contribution in [3.63, 3.8) is 0 Å². The minimum atomic E-state index is -1.63. The van der Waals surface area contributed by atoms with E-state index in [9.17, 15) is 33.9 Å². The Morgan fingerprint density at radius 1 is 0.786 bits per heavy atom. The quantitative estimate of drug-likeness (QED) is 0.175. The fourth-order valence-corrected chi connectivity index (χ4v) is 4.96. The van der Waals surface area contributed by atoms with Crippen LogP contribution < -0.4 is 10.2 Å². The van der Waals surface area contributed by atoms with Crippen LogP contribution in [0.3, 0.4) is 0 Å². The maximum Gasteiger partial charge on any atom is 0.326 e. The van der Waals surface area contributed by atoms with Crippen molar-refractivity contribution in [2.45, 2.75) is 25.3 Å². The second-order valence-electron chi connectivity index (χ2n) is 9.64. The lowest BCUT2D eigenvalue weighted by Gasteiger charge is -2.31. The molecule has 5 N–H and O–H groups in total. The highest BCUT2D eigenvalue weighted by Crippen LogP contribution is 2.35. The Kier molecular flexibility index (Phi) is 8.70. The monoisotopic (exact) mass is 577 g/mol. The molecule has 0 fully saturated rings. The van der Waals surface area contributed by atoms with Gasteiger partial charge in [-0.25, -0.2) is 4.79 Å². The van der Waals surface area contributed by atoms with Crippen LogP contribution in [0.1, 0.15) is 39.1 Å². The Labute approximate surface area is 238 Å². The van der Waals surface area contributed by atoms with E-state index in [0.29, 0.717) is 40.0 Å². The smallest absolute Gasteiger partial charge is 0.326 e. The molecule has 0 saturated heterocycles. The Bertz CT molecular complexity index is 1550. The number of carbonyl (C=O) groups is 6. The Morgan fingerprint density at radius 3 is 1.98 bits per heavy atom. The Balaban J connectivity index is 1.52. The van der Waals surface area contributed by atoms with Gasteiger partial charge in [0.25, 0.3) is 11.8 Å². The first-order valence-electron chi connectivity index (χ1n) is 12.9. The fourth-order valence-electron chi connectivity index (χ4n) is 4.96. The second-order valence-corrected chi connectivity index (χ2v) is 9.64. The van der Waals surface area contributed by atoms with Gasteiger partial charge in [0.1, 0.15) is 19.1 Å². The molecule has 0 aliphatic carbocycles. The summed E-state index contributed by atoms with van der Waals surface area (Å²) in [5.74, 6) is -6.65. The van der Waals surface area contributed by atoms with Crippen LogP contribution in [0.15, 0.2) is 54.6 Å². The Morgan fingerprint density at radius 2 is 1.40 bits per heavy atom. The van der Waals surface area contributed by atoms with Crippen molar-refractivity contribution in [2.24, 2.45) is 0 Å². The number of hydrogen-bond acceptors (Lipinski definition) is 8. The van der Waals surface area contributed by atoms with Gasteiger partial charge in [-0.3, -0.25) is 28.9 Å². The molecule has 1 heterocycles. The number of carboxylic acid groups (broad SMARTS) is 4. The molecule has 0 aromatic heterocycles. The number of imide groups is 1. The second kappa shape index (κ2) is 12.4. The highest BCUT2D eigenvalue weighted by molar-refractivity contribution is 6.27. The average Bonchev–Trinajstić information content (AvgIpc) is 2.93. The lowest BCUT2D eigenvalue weighted by atomic mass is 9.91. The van der Waals surface area contributed by atoms with Crippen molar-refractivity contribution in [3.05, 3.63) is 71.3 Å². The van der Waals surface area contributed by atoms with Gasteiger partial charge in [-0.15, -0.1) is 0 Å². The summed E-state index contributed by atoms with van der Waals surface area (Å²) in [6.07, 6.45) is -0.415. The van der Waals surface area contributed by atoms with E-state index in [0.717, 1.165) is 5.56 Å². The summed E-state index contributed by atoms with van der Waals surface area (Å²) in [6, 6.07) is 13.2. The topological polar surface area (TPSA) is 202 Å². The number of carboxylic acids is 4. The number of rotatable bonds is 14. The van der Waals surface area contributed by atoms with Crippen LogP contribution in [0.4, 0.5) is 11.4 Å². The average molecular weight is 578 g/mol. The van der Waals surface area contributed by atoms with Crippen LogP contribution in [-0.4, -0.2) is 86.7 Å². The number of nitrogens with zero attached hydrogens (tertiary/aromatic N) is 2. The predicted octanol–water partition coefficient (Wildman–Crippen LogP) is 2.38. The zero-order valence-corrected chi connectivity index (χ0v) is 22.1. The van der Waals surface area contributed by atoms with Crippen LogP contribution in [0, 0.1) is 0 Å². The number of nitrogens with one attached hydrogen (secondary N) is 1. The zero-order chi connectivity index (χ0) is 30.6. The normalized spacial score (nSPS) is 13.1. The lowest BCUT2D eigenvalue weighted by Crippen LogP contribution is -2.50. The van der Waals surface area contributed by atoms with Crippen LogP contribution in [0.25, 0.3) is 10.8 Å². The van der Waals surface area contributed by atoms with Gasteiger partial charge in [-0.05, 0) is 48.7 Å². The van der Waals surface area contributed by atoms with Crippen molar-refractivity contribution in [1.29, 1.82) is 0 Å². The molecule has 1 aliphatic heterocycles. The summed E-state index contributed by atoms with van der Waals surface area (Å²) in [4.78, 5) is 73.6. The number of amides is 2. The molecular formula is C29H27N3O10. The van der Waals surface area contributed by atoms with E-state index in [2.05, 4.69) is 5.32 Å². The third-order valence-corrected chi connectivity index (χ3v) is 6.85. The highest BCUT2D eigenvalue weighted by atomic mass is 16.4. The molecule has 3 aromatic carbocycles.